The van der Waals surface area contributed by atoms with Crippen LogP contribution in [0.4, 0.5) is 10.6 Å². The second kappa shape index (κ2) is 6.21. The summed E-state index contributed by atoms with van der Waals surface area (Å²) < 4.78 is 5.28. The summed E-state index contributed by atoms with van der Waals surface area (Å²) in [4.78, 5) is 21.0. The molecule has 1 aromatic heterocycles. The zero-order valence-electron chi connectivity index (χ0n) is 11.0. The lowest BCUT2D eigenvalue weighted by Crippen LogP contribution is -2.37. The van der Waals surface area contributed by atoms with Gasteiger partial charge in [-0.15, -0.1) is 6.58 Å². The van der Waals surface area contributed by atoms with Crippen molar-refractivity contribution in [3.8, 4) is 0 Å². The average Bonchev–Trinajstić information content (AvgIpc) is 2.21. The first-order valence-corrected chi connectivity index (χ1v) is 6.30. The standard InChI is InChI=1S/C12H15Cl2N3O2/c1-5-6-17(11(18)19-12(2,3)4)9-7-8(13)15-10(14)16-9/h5,7H,1,6H2,2-4H3. The Labute approximate surface area is 122 Å². The first kappa shape index (κ1) is 15.7. The molecule has 5 nitrogen and oxygen atoms in total. The molecule has 0 unspecified atom stereocenters. The van der Waals surface area contributed by atoms with Gasteiger partial charge in [-0.25, -0.2) is 9.78 Å². The molecule has 0 saturated carbocycles. The molecule has 0 saturated heterocycles. The van der Waals surface area contributed by atoms with E-state index in [9.17, 15) is 4.79 Å². The minimum absolute atomic E-state index is 0.0416. The molecule has 0 aliphatic carbocycles. The van der Waals surface area contributed by atoms with Gasteiger partial charge in [0.05, 0.1) is 0 Å². The summed E-state index contributed by atoms with van der Waals surface area (Å²) in [6, 6.07) is 1.43. The highest BCUT2D eigenvalue weighted by Gasteiger charge is 2.24. The normalized spacial score (nSPS) is 11.0. The second-order valence-electron chi connectivity index (χ2n) is 4.70. The Kier molecular flexibility index (Phi) is 5.14. The van der Waals surface area contributed by atoms with E-state index in [0.29, 0.717) is 0 Å². The van der Waals surface area contributed by atoms with Gasteiger partial charge in [-0.1, -0.05) is 17.7 Å². The summed E-state index contributed by atoms with van der Waals surface area (Å²) in [6.45, 7) is 9.14. The highest BCUT2D eigenvalue weighted by atomic mass is 35.5. The van der Waals surface area contributed by atoms with E-state index in [1.54, 1.807) is 26.8 Å². The highest BCUT2D eigenvalue weighted by molar-refractivity contribution is 6.32. The van der Waals surface area contributed by atoms with E-state index >= 15 is 0 Å². The first-order chi connectivity index (χ1) is 8.73. The van der Waals surface area contributed by atoms with Crippen molar-refractivity contribution in [1.82, 2.24) is 9.97 Å². The molecular weight excluding hydrogens is 289 g/mol. The van der Waals surface area contributed by atoms with Crippen LogP contribution in [0, 0.1) is 0 Å². The van der Waals surface area contributed by atoms with Crippen molar-refractivity contribution in [2.45, 2.75) is 26.4 Å². The van der Waals surface area contributed by atoms with Crippen molar-refractivity contribution in [2.75, 3.05) is 11.4 Å². The largest absolute Gasteiger partial charge is 0.443 e. The molecule has 104 valence electrons. The van der Waals surface area contributed by atoms with Gasteiger partial charge < -0.3 is 4.74 Å². The van der Waals surface area contributed by atoms with Crippen molar-refractivity contribution >= 4 is 35.1 Å². The zero-order chi connectivity index (χ0) is 14.6. The maximum atomic E-state index is 12.1. The molecule has 0 atom stereocenters. The van der Waals surface area contributed by atoms with Crippen molar-refractivity contribution in [1.29, 1.82) is 0 Å². The van der Waals surface area contributed by atoms with Crippen LogP contribution in [0.15, 0.2) is 18.7 Å². The van der Waals surface area contributed by atoms with Crippen LogP contribution < -0.4 is 4.90 Å². The molecule has 19 heavy (non-hydrogen) atoms. The molecule has 1 heterocycles. The Morgan fingerprint density at radius 2 is 2.11 bits per heavy atom. The topological polar surface area (TPSA) is 55.3 Å². The second-order valence-corrected chi connectivity index (χ2v) is 5.42. The summed E-state index contributed by atoms with van der Waals surface area (Å²) in [5.41, 5.74) is -0.614. The number of anilines is 1. The Hall–Kier alpha value is -1.33. The number of rotatable bonds is 3. The Morgan fingerprint density at radius 3 is 2.58 bits per heavy atom. The van der Waals surface area contributed by atoms with E-state index in [1.165, 1.54) is 11.0 Å². The Morgan fingerprint density at radius 1 is 1.47 bits per heavy atom. The summed E-state index contributed by atoms with van der Waals surface area (Å²) in [5.74, 6) is 0.263. The molecule has 0 spiro atoms. The minimum atomic E-state index is -0.614. The van der Waals surface area contributed by atoms with Gasteiger partial charge in [-0.3, -0.25) is 4.90 Å². The predicted molar refractivity (Wildman–Crippen MR) is 75.8 cm³/mol. The van der Waals surface area contributed by atoms with Gasteiger partial charge in [0, 0.05) is 12.6 Å². The Balaban J connectivity index is 3.05. The zero-order valence-corrected chi connectivity index (χ0v) is 12.5. The SMILES string of the molecule is C=CCN(C(=O)OC(C)(C)C)c1cc(Cl)nc(Cl)n1. The van der Waals surface area contributed by atoms with Crippen LogP contribution in [-0.4, -0.2) is 28.2 Å². The van der Waals surface area contributed by atoms with E-state index in [2.05, 4.69) is 16.5 Å². The number of carbonyl (C=O) groups excluding carboxylic acids is 1. The lowest BCUT2D eigenvalue weighted by Gasteiger charge is -2.26. The summed E-state index contributed by atoms with van der Waals surface area (Å²) >= 11 is 11.5. The van der Waals surface area contributed by atoms with E-state index in [1.807, 2.05) is 0 Å². The van der Waals surface area contributed by atoms with E-state index in [0.717, 1.165) is 0 Å². The first-order valence-electron chi connectivity index (χ1n) is 5.54. The third-order valence-corrected chi connectivity index (χ3v) is 2.22. The molecule has 7 heteroatoms. The molecule has 0 fully saturated rings. The van der Waals surface area contributed by atoms with Gasteiger partial charge in [-0.05, 0) is 32.4 Å². The number of nitrogens with zero attached hydrogens (tertiary/aromatic N) is 3. The molecule has 0 aliphatic heterocycles. The van der Waals surface area contributed by atoms with Crippen LogP contribution in [0.1, 0.15) is 20.8 Å². The molecule has 1 amide bonds. The van der Waals surface area contributed by atoms with Gasteiger partial charge in [0.25, 0.3) is 0 Å². The van der Waals surface area contributed by atoms with Gasteiger partial charge >= 0.3 is 6.09 Å². The fourth-order valence-electron chi connectivity index (χ4n) is 1.22. The number of amides is 1. The Bertz CT molecular complexity index is 466. The summed E-state index contributed by atoms with van der Waals surface area (Å²) in [5, 5.41) is 0.104. The van der Waals surface area contributed by atoms with Crippen LogP contribution in [0.5, 0.6) is 0 Å². The number of carbonyl (C=O) groups is 1. The maximum Gasteiger partial charge on any atom is 0.416 e. The quantitative estimate of drug-likeness (QED) is 0.485. The van der Waals surface area contributed by atoms with Gasteiger partial charge in [0.15, 0.2) is 0 Å². The van der Waals surface area contributed by atoms with Crippen molar-refractivity contribution in [3.63, 3.8) is 0 Å². The molecule has 1 aromatic rings. The number of ether oxygens (including phenoxy) is 1. The van der Waals surface area contributed by atoms with Crippen LogP contribution in [0.2, 0.25) is 10.4 Å². The van der Waals surface area contributed by atoms with E-state index in [-0.39, 0.29) is 22.8 Å². The number of hydrogen-bond acceptors (Lipinski definition) is 4. The van der Waals surface area contributed by atoms with Gasteiger partial charge in [-0.2, -0.15) is 4.98 Å². The third kappa shape index (κ3) is 5.04. The number of aromatic nitrogens is 2. The maximum absolute atomic E-state index is 12.1. The molecular formula is C12H15Cl2N3O2. The van der Waals surface area contributed by atoms with Crippen LogP contribution in [-0.2, 0) is 4.74 Å². The lowest BCUT2D eigenvalue weighted by atomic mass is 10.2. The number of halogens is 2. The average molecular weight is 304 g/mol. The van der Waals surface area contributed by atoms with Crippen molar-refractivity contribution in [2.24, 2.45) is 0 Å². The summed E-state index contributed by atoms with van der Waals surface area (Å²) in [6.07, 6.45) is 0.992. The minimum Gasteiger partial charge on any atom is -0.443 e. The van der Waals surface area contributed by atoms with Crippen molar-refractivity contribution in [3.05, 3.63) is 29.2 Å². The molecule has 0 bridgehead atoms. The van der Waals surface area contributed by atoms with Gasteiger partial charge in [0.2, 0.25) is 5.28 Å². The monoisotopic (exact) mass is 303 g/mol. The smallest absolute Gasteiger partial charge is 0.416 e. The van der Waals surface area contributed by atoms with E-state index < -0.39 is 11.7 Å². The lowest BCUT2D eigenvalue weighted by molar-refractivity contribution is 0.0583. The third-order valence-electron chi connectivity index (χ3n) is 1.86. The van der Waals surface area contributed by atoms with Crippen LogP contribution >= 0.6 is 23.2 Å². The molecule has 0 aromatic carbocycles. The predicted octanol–water partition coefficient (Wildman–Crippen LogP) is 3.71. The fraction of sp³-hybridized carbons (Fsp3) is 0.417. The van der Waals surface area contributed by atoms with Crippen LogP contribution in [0.25, 0.3) is 0 Å². The highest BCUT2D eigenvalue weighted by Crippen LogP contribution is 2.20. The molecule has 1 rings (SSSR count). The summed E-state index contributed by atoms with van der Waals surface area (Å²) in [7, 11) is 0. The van der Waals surface area contributed by atoms with Crippen LogP contribution in [0.3, 0.4) is 0 Å². The fourth-order valence-corrected chi connectivity index (χ4v) is 1.62. The number of hydrogen-bond donors (Lipinski definition) is 0. The van der Waals surface area contributed by atoms with Crippen molar-refractivity contribution < 1.29 is 9.53 Å². The molecule has 0 aliphatic rings. The molecule has 0 radical (unpaired) electrons. The van der Waals surface area contributed by atoms with Gasteiger partial charge in [0.1, 0.15) is 16.6 Å². The van der Waals surface area contributed by atoms with E-state index in [4.69, 9.17) is 27.9 Å². The molecule has 0 N–H and O–H groups in total.